The van der Waals surface area contributed by atoms with E-state index in [-0.39, 0.29) is 6.10 Å². The van der Waals surface area contributed by atoms with Gasteiger partial charge in [0.25, 0.3) is 0 Å². The molecule has 0 rings (SSSR count). The van der Waals surface area contributed by atoms with Gasteiger partial charge >= 0.3 is 5.97 Å². The summed E-state index contributed by atoms with van der Waals surface area (Å²) >= 11 is 0. The highest BCUT2D eigenvalue weighted by Crippen LogP contribution is 1.98. The van der Waals surface area contributed by atoms with Gasteiger partial charge in [0.05, 0.1) is 21.1 Å². The van der Waals surface area contributed by atoms with Gasteiger partial charge in [-0.05, 0) is 6.92 Å². The molecule has 0 aliphatic rings. The van der Waals surface area contributed by atoms with Gasteiger partial charge in [0, 0.05) is 6.08 Å². The molecule has 1 unspecified atom stereocenters. The number of rotatable bonds is 5. The van der Waals surface area contributed by atoms with Gasteiger partial charge in [-0.3, -0.25) is 0 Å². The molecular weight excluding hydrogens is 170 g/mol. The molecule has 1 atom stereocenters. The number of quaternary nitrogens is 1. The summed E-state index contributed by atoms with van der Waals surface area (Å²) in [5, 5.41) is 0. The van der Waals surface area contributed by atoms with Crippen LogP contribution < -0.4 is 0 Å². The Morgan fingerprint density at radius 3 is 2.46 bits per heavy atom. The molecule has 0 fully saturated rings. The van der Waals surface area contributed by atoms with E-state index in [9.17, 15) is 4.79 Å². The number of carbonyl (C=O) groups excluding carboxylic acids is 1. The Labute approximate surface area is 79.3 Å². The SMILES string of the molecule is C=CC(=O)OC(C)CO[N+](C)(C)C. The van der Waals surface area contributed by atoms with Crippen LogP contribution in [0.3, 0.4) is 0 Å². The summed E-state index contributed by atoms with van der Waals surface area (Å²) in [6, 6.07) is 0. The highest BCUT2D eigenvalue weighted by molar-refractivity contribution is 5.81. The predicted octanol–water partition coefficient (Wildman–Crippen LogP) is 0.742. The van der Waals surface area contributed by atoms with Crippen molar-refractivity contribution in [2.45, 2.75) is 13.0 Å². The van der Waals surface area contributed by atoms with Crippen LogP contribution >= 0.6 is 0 Å². The predicted molar refractivity (Wildman–Crippen MR) is 49.7 cm³/mol. The fourth-order valence-electron chi connectivity index (χ4n) is 0.609. The highest BCUT2D eigenvalue weighted by Gasteiger charge is 2.13. The van der Waals surface area contributed by atoms with E-state index in [4.69, 9.17) is 9.57 Å². The molecule has 0 N–H and O–H groups in total. The second-order valence-electron chi connectivity index (χ2n) is 3.64. The number of nitrogens with zero attached hydrogens (tertiary/aromatic N) is 1. The number of hydrogen-bond acceptors (Lipinski definition) is 3. The van der Waals surface area contributed by atoms with E-state index in [0.717, 1.165) is 6.08 Å². The first-order valence-electron chi connectivity index (χ1n) is 4.14. The minimum atomic E-state index is -0.419. The third kappa shape index (κ3) is 7.49. The quantitative estimate of drug-likeness (QED) is 0.276. The molecule has 76 valence electrons. The fraction of sp³-hybridized carbons (Fsp3) is 0.667. The van der Waals surface area contributed by atoms with Gasteiger partial charge in [0.15, 0.2) is 0 Å². The van der Waals surface area contributed by atoms with Crippen LogP contribution in [-0.4, -0.2) is 44.5 Å². The Balaban J connectivity index is 3.69. The number of esters is 1. The lowest BCUT2D eigenvalue weighted by Crippen LogP contribution is -2.37. The summed E-state index contributed by atoms with van der Waals surface area (Å²) in [6.07, 6.45) is 0.894. The lowest BCUT2D eigenvalue weighted by molar-refractivity contribution is -1.06. The van der Waals surface area contributed by atoms with Gasteiger partial charge in [-0.1, -0.05) is 6.58 Å². The average molecular weight is 188 g/mol. The summed E-state index contributed by atoms with van der Waals surface area (Å²) in [4.78, 5) is 16.1. The Kier molecular flexibility index (Phi) is 4.66. The minimum absolute atomic E-state index is 0.247. The standard InChI is InChI=1S/C9H18NO3/c1-6-9(11)13-8(2)7-12-10(3,4)5/h6,8H,1,7H2,2-5H3/q+1. The summed E-state index contributed by atoms with van der Waals surface area (Å²) in [6.45, 7) is 5.46. The van der Waals surface area contributed by atoms with Gasteiger partial charge in [0.1, 0.15) is 12.7 Å². The molecule has 0 bridgehead atoms. The number of hydrogen-bond donors (Lipinski definition) is 0. The second kappa shape index (κ2) is 4.99. The van der Waals surface area contributed by atoms with Crippen molar-refractivity contribution in [2.75, 3.05) is 27.7 Å². The van der Waals surface area contributed by atoms with Crippen LogP contribution in [0.15, 0.2) is 12.7 Å². The van der Waals surface area contributed by atoms with Crippen LogP contribution in [0, 0.1) is 0 Å². The van der Waals surface area contributed by atoms with E-state index in [2.05, 4.69) is 6.58 Å². The maximum absolute atomic E-state index is 10.7. The summed E-state index contributed by atoms with van der Waals surface area (Å²) in [7, 11) is 5.67. The van der Waals surface area contributed by atoms with Gasteiger partial charge in [0.2, 0.25) is 0 Å². The molecule has 0 aliphatic carbocycles. The Hall–Kier alpha value is -0.870. The largest absolute Gasteiger partial charge is 0.457 e. The number of hydroxylamine groups is 3. The maximum atomic E-state index is 10.7. The van der Waals surface area contributed by atoms with Crippen LogP contribution in [-0.2, 0) is 14.4 Å². The van der Waals surface area contributed by atoms with E-state index >= 15 is 0 Å². The number of ether oxygens (including phenoxy) is 1. The van der Waals surface area contributed by atoms with Crippen molar-refractivity contribution >= 4 is 5.97 Å². The lowest BCUT2D eigenvalue weighted by Gasteiger charge is -2.23. The normalized spacial score (nSPS) is 13.5. The van der Waals surface area contributed by atoms with Crippen molar-refractivity contribution in [2.24, 2.45) is 0 Å². The van der Waals surface area contributed by atoms with Crippen molar-refractivity contribution in [3.05, 3.63) is 12.7 Å². The first-order chi connectivity index (χ1) is 5.85. The van der Waals surface area contributed by atoms with Crippen LogP contribution in [0.4, 0.5) is 0 Å². The van der Waals surface area contributed by atoms with Crippen molar-refractivity contribution in [3.63, 3.8) is 0 Å². The second-order valence-corrected chi connectivity index (χ2v) is 3.64. The van der Waals surface area contributed by atoms with E-state index in [0.29, 0.717) is 11.3 Å². The van der Waals surface area contributed by atoms with Crippen LogP contribution in [0.1, 0.15) is 6.92 Å². The van der Waals surface area contributed by atoms with Gasteiger partial charge < -0.3 is 4.74 Å². The van der Waals surface area contributed by atoms with Crippen molar-refractivity contribution in [1.82, 2.24) is 0 Å². The topological polar surface area (TPSA) is 35.5 Å². The van der Waals surface area contributed by atoms with Crippen molar-refractivity contribution < 1.29 is 19.0 Å². The average Bonchev–Trinajstić information content (AvgIpc) is 1.99. The maximum Gasteiger partial charge on any atom is 0.330 e. The van der Waals surface area contributed by atoms with E-state index < -0.39 is 5.97 Å². The van der Waals surface area contributed by atoms with Gasteiger partial charge in [-0.25, -0.2) is 4.79 Å². The van der Waals surface area contributed by atoms with Crippen LogP contribution in [0.5, 0.6) is 0 Å². The molecule has 0 aliphatic heterocycles. The summed E-state index contributed by atoms with van der Waals surface area (Å²) in [5.41, 5.74) is 0. The molecule has 0 radical (unpaired) electrons. The molecule has 0 aromatic rings. The van der Waals surface area contributed by atoms with E-state index in [1.54, 1.807) is 6.92 Å². The molecule has 13 heavy (non-hydrogen) atoms. The monoisotopic (exact) mass is 188 g/mol. The Morgan fingerprint density at radius 1 is 1.54 bits per heavy atom. The Morgan fingerprint density at radius 2 is 2.08 bits per heavy atom. The first kappa shape index (κ1) is 12.1. The fourth-order valence-corrected chi connectivity index (χ4v) is 0.609. The third-order valence-electron chi connectivity index (χ3n) is 1.18. The molecular formula is C9H18NO3+. The van der Waals surface area contributed by atoms with E-state index in [1.165, 1.54) is 0 Å². The van der Waals surface area contributed by atoms with Crippen molar-refractivity contribution in [3.8, 4) is 0 Å². The molecule has 0 aromatic carbocycles. The Bertz CT molecular complexity index is 184. The molecule has 4 heteroatoms. The molecule has 0 amide bonds. The van der Waals surface area contributed by atoms with Gasteiger partial charge in [-0.15, -0.1) is 0 Å². The number of carbonyl (C=O) groups is 1. The lowest BCUT2D eigenvalue weighted by atomic mass is 10.4. The summed E-state index contributed by atoms with van der Waals surface area (Å²) < 4.78 is 5.29. The van der Waals surface area contributed by atoms with E-state index in [1.807, 2.05) is 21.1 Å². The smallest absolute Gasteiger partial charge is 0.330 e. The molecule has 0 saturated carbocycles. The van der Waals surface area contributed by atoms with Crippen LogP contribution in [0.25, 0.3) is 0 Å². The molecule has 0 heterocycles. The molecule has 0 aromatic heterocycles. The van der Waals surface area contributed by atoms with Crippen molar-refractivity contribution in [1.29, 1.82) is 0 Å². The molecule has 0 spiro atoms. The zero-order chi connectivity index (χ0) is 10.5. The third-order valence-corrected chi connectivity index (χ3v) is 1.18. The zero-order valence-corrected chi connectivity index (χ0v) is 8.74. The molecule has 0 saturated heterocycles. The summed E-state index contributed by atoms with van der Waals surface area (Å²) in [5.74, 6) is -0.419. The molecule has 4 nitrogen and oxygen atoms in total. The minimum Gasteiger partial charge on any atom is -0.457 e. The first-order valence-corrected chi connectivity index (χ1v) is 4.14. The highest BCUT2D eigenvalue weighted by atomic mass is 16.7. The van der Waals surface area contributed by atoms with Crippen LogP contribution in [0.2, 0.25) is 0 Å². The zero-order valence-electron chi connectivity index (χ0n) is 8.74. The van der Waals surface area contributed by atoms with Gasteiger partial charge in [-0.2, -0.15) is 9.48 Å².